The van der Waals surface area contributed by atoms with E-state index in [2.05, 4.69) is 5.32 Å². The largest absolute Gasteiger partial charge is 0.478 e. The number of imide groups is 1. The number of rotatable bonds is 4. The fourth-order valence-corrected chi connectivity index (χ4v) is 2.95. The van der Waals surface area contributed by atoms with Crippen molar-refractivity contribution in [3.05, 3.63) is 58.6 Å². The Morgan fingerprint density at radius 2 is 2.00 bits per heavy atom. The average molecular weight is 359 g/mol. The van der Waals surface area contributed by atoms with E-state index in [-0.39, 0.29) is 17.9 Å². The first-order chi connectivity index (χ1) is 11.9. The zero-order valence-electron chi connectivity index (χ0n) is 13.3. The normalized spacial score (nSPS) is 17.0. The Bertz CT molecular complexity index is 881. The summed E-state index contributed by atoms with van der Waals surface area (Å²) in [5, 5.41) is 12.7. The molecule has 1 saturated heterocycles. The number of carbonyl (C=O) groups excluding carboxylic acids is 2. The predicted molar refractivity (Wildman–Crippen MR) is 94.1 cm³/mol. The van der Waals surface area contributed by atoms with Crippen molar-refractivity contribution in [2.24, 2.45) is 0 Å². The summed E-state index contributed by atoms with van der Waals surface area (Å²) in [7, 11) is 0. The molecule has 0 bridgehead atoms. The van der Waals surface area contributed by atoms with Crippen LogP contribution < -0.4 is 10.2 Å². The summed E-state index contributed by atoms with van der Waals surface area (Å²) in [6.07, 6.45) is -0.0118. The first kappa shape index (κ1) is 17.0. The van der Waals surface area contributed by atoms with Crippen molar-refractivity contribution in [2.75, 3.05) is 10.2 Å². The molecule has 1 heterocycles. The van der Waals surface area contributed by atoms with E-state index in [0.717, 1.165) is 4.90 Å². The lowest BCUT2D eigenvalue weighted by Crippen LogP contribution is -2.35. The van der Waals surface area contributed by atoms with Gasteiger partial charge in [0.1, 0.15) is 6.04 Å². The molecule has 0 aromatic heterocycles. The molecule has 2 aromatic carbocycles. The third-order valence-corrected chi connectivity index (χ3v) is 4.24. The molecular weight excluding hydrogens is 344 g/mol. The molecule has 128 valence electrons. The number of aromatic carboxylic acids is 1. The van der Waals surface area contributed by atoms with Crippen LogP contribution in [0.15, 0.2) is 42.5 Å². The van der Waals surface area contributed by atoms with Crippen LogP contribution in [0.3, 0.4) is 0 Å². The summed E-state index contributed by atoms with van der Waals surface area (Å²) < 4.78 is 0. The molecule has 1 aliphatic rings. The number of halogens is 1. The maximum absolute atomic E-state index is 12.7. The van der Waals surface area contributed by atoms with Gasteiger partial charge in [0.25, 0.3) is 5.91 Å². The Morgan fingerprint density at radius 1 is 1.24 bits per heavy atom. The second-order valence-corrected chi connectivity index (χ2v) is 6.22. The van der Waals surface area contributed by atoms with Gasteiger partial charge in [-0.05, 0) is 42.8 Å². The summed E-state index contributed by atoms with van der Waals surface area (Å²) in [5.74, 6) is -1.92. The molecule has 2 N–H and O–H groups in total. The third kappa shape index (κ3) is 3.34. The molecule has 2 amide bonds. The summed E-state index contributed by atoms with van der Waals surface area (Å²) in [4.78, 5) is 37.3. The second-order valence-electron chi connectivity index (χ2n) is 5.79. The lowest BCUT2D eigenvalue weighted by molar-refractivity contribution is -0.121. The van der Waals surface area contributed by atoms with E-state index in [1.807, 2.05) is 0 Å². The molecule has 6 nitrogen and oxygen atoms in total. The maximum Gasteiger partial charge on any atom is 0.335 e. The molecule has 1 atom stereocenters. The van der Waals surface area contributed by atoms with E-state index in [4.69, 9.17) is 16.7 Å². The van der Waals surface area contributed by atoms with Crippen molar-refractivity contribution >= 4 is 40.8 Å². The smallest absolute Gasteiger partial charge is 0.335 e. The Labute approximate surface area is 149 Å². The number of carboxylic acid groups (broad SMARTS) is 1. The second kappa shape index (κ2) is 6.57. The SMILES string of the molecule is Cc1ccc(C(=O)O)cc1N1C(=O)CC(Nc2cccc(Cl)c2)C1=O. The Kier molecular flexibility index (Phi) is 4.46. The summed E-state index contributed by atoms with van der Waals surface area (Å²) >= 11 is 5.93. The fraction of sp³-hybridized carbons (Fsp3) is 0.167. The molecule has 25 heavy (non-hydrogen) atoms. The minimum Gasteiger partial charge on any atom is -0.478 e. The molecule has 1 unspecified atom stereocenters. The van der Waals surface area contributed by atoms with Crippen LogP contribution in [0.2, 0.25) is 5.02 Å². The van der Waals surface area contributed by atoms with Crippen molar-refractivity contribution in [1.82, 2.24) is 0 Å². The van der Waals surface area contributed by atoms with Crippen LogP contribution in [-0.2, 0) is 9.59 Å². The number of benzene rings is 2. The van der Waals surface area contributed by atoms with Crippen LogP contribution in [0.5, 0.6) is 0 Å². The van der Waals surface area contributed by atoms with E-state index in [1.54, 1.807) is 37.3 Å². The van der Waals surface area contributed by atoms with E-state index in [9.17, 15) is 14.4 Å². The first-order valence-electron chi connectivity index (χ1n) is 7.59. The Balaban J connectivity index is 1.89. The summed E-state index contributed by atoms with van der Waals surface area (Å²) in [6, 6.07) is 10.5. The van der Waals surface area contributed by atoms with Crippen LogP contribution in [0.1, 0.15) is 22.3 Å². The van der Waals surface area contributed by atoms with Gasteiger partial charge >= 0.3 is 5.97 Å². The van der Waals surface area contributed by atoms with Gasteiger partial charge in [-0.1, -0.05) is 23.7 Å². The molecule has 7 heteroatoms. The van der Waals surface area contributed by atoms with Gasteiger partial charge < -0.3 is 10.4 Å². The highest BCUT2D eigenvalue weighted by Crippen LogP contribution is 2.29. The van der Waals surface area contributed by atoms with Gasteiger partial charge in [-0.2, -0.15) is 0 Å². The highest BCUT2D eigenvalue weighted by atomic mass is 35.5. The number of carbonyl (C=O) groups is 3. The number of aryl methyl sites for hydroxylation is 1. The third-order valence-electron chi connectivity index (χ3n) is 4.01. The van der Waals surface area contributed by atoms with Gasteiger partial charge in [-0.15, -0.1) is 0 Å². The lowest BCUT2D eigenvalue weighted by Gasteiger charge is -2.18. The molecule has 0 spiro atoms. The van der Waals surface area contributed by atoms with Gasteiger partial charge in [0.15, 0.2) is 0 Å². The number of hydrogen-bond acceptors (Lipinski definition) is 4. The number of hydrogen-bond donors (Lipinski definition) is 2. The fourth-order valence-electron chi connectivity index (χ4n) is 2.76. The van der Waals surface area contributed by atoms with Crippen molar-refractivity contribution in [3.63, 3.8) is 0 Å². The van der Waals surface area contributed by atoms with Gasteiger partial charge in [0, 0.05) is 10.7 Å². The lowest BCUT2D eigenvalue weighted by atomic mass is 10.1. The highest BCUT2D eigenvalue weighted by Gasteiger charge is 2.40. The monoisotopic (exact) mass is 358 g/mol. The Morgan fingerprint density at radius 3 is 2.68 bits per heavy atom. The van der Waals surface area contributed by atoms with Gasteiger partial charge in [0.05, 0.1) is 17.7 Å². The van der Waals surface area contributed by atoms with Gasteiger partial charge in [-0.3, -0.25) is 9.59 Å². The molecule has 0 aliphatic carbocycles. The summed E-state index contributed by atoms with van der Waals surface area (Å²) in [6.45, 7) is 1.72. The van der Waals surface area contributed by atoms with E-state index >= 15 is 0 Å². The zero-order chi connectivity index (χ0) is 18.1. The Hall–Kier alpha value is -2.86. The summed E-state index contributed by atoms with van der Waals surface area (Å²) in [5.41, 5.74) is 1.60. The minimum absolute atomic E-state index is 0.0118. The molecule has 1 fully saturated rings. The van der Waals surface area contributed by atoms with Crippen LogP contribution >= 0.6 is 11.6 Å². The molecule has 0 saturated carbocycles. The van der Waals surface area contributed by atoms with Crippen LogP contribution in [0.25, 0.3) is 0 Å². The standard InChI is InChI=1S/C18H15ClN2O4/c1-10-5-6-11(18(24)25)7-15(10)21-16(22)9-14(17(21)23)20-13-4-2-3-12(19)8-13/h2-8,14,20H,9H2,1H3,(H,24,25). The molecular formula is C18H15ClN2O4. The average Bonchev–Trinajstić information content (AvgIpc) is 2.82. The number of amides is 2. The number of anilines is 2. The molecule has 2 aromatic rings. The van der Waals surface area contributed by atoms with E-state index < -0.39 is 17.9 Å². The first-order valence-corrected chi connectivity index (χ1v) is 7.97. The molecule has 3 rings (SSSR count). The topological polar surface area (TPSA) is 86.7 Å². The van der Waals surface area contributed by atoms with Crippen LogP contribution in [0.4, 0.5) is 11.4 Å². The van der Waals surface area contributed by atoms with Crippen molar-refractivity contribution in [1.29, 1.82) is 0 Å². The maximum atomic E-state index is 12.7. The van der Waals surface area contributed by atoms with E-state index in [0.29, 0.717) is 22.0 Å². The van der Waals surface area contributed by atoms with Crippen molar-refractivity contribution < 1.29 is 19.5 Å². The number of carboxylic acids is 1. The number of nitrogens with one attached hydrogen (secondary N) is 1. The minimum atomic E-state index is -1.12. The van der Waals surface area contributed by atoms with Crippen LogP contribution in [-0.4, -0.2) is 28.9 Å². The van der Waals surface area contributed by atoms with Gasteiger partial charge in [0.2, 0.25) is 5.91 Å². The van der Waals surface area contributed by atoms with Crippen LogP contribution in [0, 0.1) is 6.92 Å². The predicted octanol–water partition coefficient (Wildman–Crippen LogP) is 3.09. The van der Waals surface area contributed by atoms with Crippen molar-refractivity contribution in [3.8, 4) is 0 Å². The quantitative estimate of drug-likeness (QED) is 0.820. The van der Waals surface area contributed by atoms with Crippen molar-refractivity contribution in [2.45, 2.75) is 19.4 Å². The molecule has 0 radical (unpaired) electrons. The molecule has 1 aliphatic heterocycles. The van der Waals surface area contributed by atoms with Gasteiger partial charge in [-0.25, -0.2) is 9.69 Å². The highest BCUT2D eigenvalue weighted by molar-refractivity contribution is 6.31. The number of nitrogens with zero attached hydrogens (tertiary/aromatic N) is 1. The van der Waals surface area contributed by atoms with E-state index in [1.165, 1.54) is 12.1 Å². The zero-order valence-corrected chi connectivity index (χ0v) is 14.1.